The average Bonchev–Trinajstić information content (AvgIpc) is 3.28. The molecule has 3 aromatic rings. The number of ether oxygens (including phenoxy) is 2. The van der Waals surface area contributed by atoms with Gasteiger partial charge in [0.25, 0.3) is 0 Å². The van der Waals surface area contributed by atoms with Gasteiger partial charge in [-0.15, -0.1) is 11.8 Å². The Morgan fingerprint density at radius 3 is 2.52 bits per heavy atom. The molecule has 0 radical (unpaired) electrons. The molecule has 40 heavy (non-hydrogen) atoms. The number of thioether (sulfide) groups is 1. The lowest BCUT2D eigenvalue weighted by Crippen LogP contribution is -2.48. The van der Waals surface area contributed by atoms with Gasteiger partial charge in [-0.2, -0.15) is 5.10 Å². The van der Waals surface area contributed by atoms with Gasteiger partial charge in [0.15, 0.2) is 0 Å². The summed E-state index contributed by atoms with van der Waals surface area (Å²) in [5.74, 6) is 1.44. The van der Waals surface area contributed by atoms with Gasteiger partial charge in [-0.05, 0) is 37.1 Å². The first-order valence-corrected chi connectivity index (χ1v) is 14.8. The fourth-order valence-corrected chi connectivity index (χ4v) is 6.61. The van der Waals surface area contributed by atoms with Crippen LogP contribution in [0.2, 0.25) is 0 Å². The summed E-state index contributed by atoms with van der Waals surface area (Å²) in [6, 6.07) is 14.1. The van der Waals surface area contributed by atoms with Crippen LogP contribution in [-0.4, -0.2) is 72.2 Å². The van der Waals surface area contributed by atoms with Crippen molar-refractivity contribution in [3.8, 4) is 11.4 Å². The van der Waals surface area contributed by atoms with Gasteiger partial charge in [0.2, 0.25) is 11.8 Å². The lowest BCUT2D eigenvalue weighted by molar-refractivity contribution is -0.134. The number of hydrogen-bond acceptors (Lipinski definition) is 6. The highest BCUT2D eigenvalue weighted by molar-refractivity contribution is 8.00. The molecule has 0 bridgehead atoms. The topological polar surface area (TPSA) is 76.9 Å². The van der Waals surface area contributed by atoms with E-state index in [1.54, 1.807) is 28.7 Å². The van der Waals surface area contributed by atoms with Crippen LogP contribution in [0.15, 0.2) is 42.5 Å². The summed E-state index contributed by atoms with van der Waals surface area (Å²) >= 11 is 1.56. The molecule has 0 aliphatic carbocycles. The molecule has 9 heteroatoms. The third kappa shape index (κ3) is 5.24. The Balaban J connectivity index is 1.78. The van der Waals surface area contributed by atoms with Crippen molar-refractivity contribution in [3.63, 3.8) is 0 Å². The maximum Gasteiger partial charge on any atom is 0.242 e. The SMILES string of the molecule is COc1ccccc1C1SCC(=O)N(CC(=O)N2CCOCC2)c2c1c(C(C)(C)C)nn2-c1cccc(C)c1C. The minimum atomic E-state index is -0.332. The van der Waals surface area contributed by atoms with E-state index in [0.717, 1.165) is 39.4 Å². The third-order valence-electron chi connectivity index (χ3n) is 7.68. The molecular formula is C31H38N4O4S. The molecule has 1 atom stereocenters. The fraction of sp³-hybridized carbons (Fsp3) is 0.452. The predicted molar refractivity (Wildman–Crippen MR) is 159 cm³/mol. The van der Waals surface area contributed by atoms with Crippen molar-refractivity contribution in [1.82, 2.24) is 14.7 Å². The summed E-state index contributed by atoms with van der Waals surface area (Å²) in [5.41, 5.74) is 5.59. The summed E-state index contributed by atoms with van der Waals surface area (Å²) in [5, 5.41) is 5.02. The number of aryl methyl sites for hydroxylation is 1. The molecule has 8 nitrogen and oxygen atoms in total. The van der Waals surface area contributed by atoms with Crippen molar-refractivity contribution in [2.24, 2.45) is 0 Å². The highest BCUT2D eigenvalue weighted by Crippen LogP contribution is 2.50. The van der Waals surface area contributed by atoms with Gasteiger partial charge in [0, 0.05) is 29.6 Å². The van der Waals surface area contributed by atoms with Gasteiger partial charge >= 0.3 is 0 Å². The molecule has 2 aliphatic heterocycles. The number of para-hydroxylation sites is 1. The Morgan fingerprint density at radius 1 is 1.10 bits per heavy atom. The smallest absolute Gasteiger partial charge is 0.242 e. The Labute approximate surface area is 240 Å². The number of fused-ring (bicyclic) bond motifs is 1. The van der Waals surface area contributed by atoms with E-state index in [2.05, 4.69) is 46.8 Å². The van der Waals surface area contributed by atoms with Crippen LogP contribution in [0.3, 0.4) is 0 Å². The van der Waals surface area contributed by atoms with E-state index >= 15 is 0 Å². The van der Waals surface area contributed by atoms with Gasteiger partial charge in [-0.25, -0.2) is 4.68 Å². The number of morpholine rings is 1. The number of methoxy groups -OCH3 is 1. The number of aromatic nitrogens is 2. The number of carbonyl (C=O) groups excluding carboxylic acids is 2. The summed E-state index contributed by atoms with van der Waals surface area (Å²) in [4.78, 5) is 31.0. The number of rotatable bonds is 5. The molecule has 0 spiro atoms. The first kappa shape index (κ1) is 28.2. The zero-order valence-electron chi connectivity index (χ0n) is 24.2. The molecule has 5 rings (SSSR count). The predicted octanol–water partition coefficient (Wildman–Crippen LogP) is 4.82. The normalized spacial score (nSPS) is 17.9. The quantitative estimate of drug-likeness (QED) is 0.444. The number of anilines is 1. The summed E-state index contributed by atoms with van der Waals surface area (Å²) in [7, 11) is 1.67. The zero-order chi connectivity index (χ0) is 28.6. The molecule has 2 aromatic carbocycles. The van der Waals surface area contributed by atoms with E-state index in [1.807, 2.05) is 35.0 Å². The lowest BCUT2D eigenvalue weighted by atomic mass is 9.87. The highest BCUT2D eigenvalue weighted by Gasteiger charge is 2.41. The Morgan fingerprint density at radius 2 is 1.82 bits per heavy atom. The van der Waals surface area contributed by atoms with Crippen LogP contribution in [0.4, 0.5) is 5.82 Å². The van der Waals surface area contributed by atoms with E-state index in [0.29, 0.717) is 32.1 Å². The monoisotopic (exact) mass is 562 g/mol. The molecule has 212 valence electrons. The number of nitrogens with zero attached hydrogens (tertiary/aromatic N) is 4. The number of benzene rings is 2. The van der Waals surface area contributed by atoms with E-state index in [1.165, 1.54) is 0 Å². The third-order valence-corrected chi connectivity index (χ3v) is 8.92. The van der Waals surface area contributed by atoms with Crippen LogP contribution in [-0.2, 0) is 19.7 Å². The van der Waals surface area contributed by atoms with Crippen LogP contribution in [0, 0.1) is 13.8 Å². The van der Waals surface area contributed by atoms with Crippen molar-refractivity contribution in [3.05, 3.63) is 70.4 Å². The maximum atomic E-state index is 14.0. The average molecular weight is 563 g/mol. The molecule has 2 aliphatic rings. The summed E-state index contributed by atoms with van der Waals surface area (Å²) in [6.45, 7) is 12.6. The van der Waals surface area contributed by atoms with E-state index in [-0.39, 0.29) is 34.8 Å². The number of amides is 2. The molecule has 0 saturated carbocycles. The van der Waals surface area contributed by atoms with Crippen molar-refractivity contribution in [2.75, 3.05) is 50.6 Å². The molecule has 3 heterocycles. The molecular weight excluding hydrogens is 524 g/mol. The Bertz CT molecular complexity index is 1420. The molecule has 1 fully saturated rings. The van der Waals surface area contributed by atoms with Gasteiger partial charge in [-0.1, -0.05) is 51.1 Å². The highest BCUT2D eigenvalue weighted by atomic mass is 32.2. The second-order valence-corrected chi connectivity index (χ2v) is 12.5. The second-order valence-electron chi connectivity index (χ2n) is 11.4. The Hall–Kier alpha value is -3.30. The first-order valence-electron chi connectivity index (χ1n) is 13.7. The summed E-state index contributed by atoms with van der Waals surface area (Å²) in [6.07, 6.45) is 0. The van der Waals surface area contributed by atoms with Crippen molar-refractivity contribution < 1.29 is 19.1 Å². The van der Waals surface area contributed by atoms with E-state index < -0.39 is 0 Å². The fourth-order valence-electron chi connectivity index (χ4n) is 5.38. The number of hydrogen-bond donors (Lipinski definition) is 0. The summed E-state index contributed by atoms with van der Waals surface area (Å²) < 4.78 is 13.2. The molecule has 2 amide bonds. The lowest BCUT2D eigenvalue weighted by Gasteiger charge is -2.30. The maximum absolute atomic E-state index is 14.0. The van der Waals surface area contributed by atoms with Crippen LogP contribution >= 0.6 is 11.8 Å². The van der Waals surface area contributed by atoms with E-state index in [9.17, 15) is 9.59 Å². The molecule has 1 unspecified atom stereocenters. The minimum Gasteiger partial charge on any atom is -0.496 e. The van der Waals surface area contributed by atoms with Crippen molar-refractivity contribution >= 4 is 29.4 Å². The zero-order valence-corrected chi connectivity index (χ0v) is 25.0. The minimum absolute atomic E-state index is 0.0504. The second kappa shape index (κ2) is 11.3. The van der Waals surface area contributed by atoms with Gasteiger partial charge in [-0.3, -0.25) is 14.5 Å². The first-order chi connectivity index (χ1) is 19.1. The van der Waals surface area contributed by atoms with Crippen LogP contribution in [0.5, 0.6) is 5.75 Å². The Kier molecular flexibility index (Phi) is 7.97. The van der Waals surface area contributed by atoms with E-state index in [4.69, 9.17) is 14.6 Å². The molecule has 1 aromatic heterocycles. The largest absolute Gasteiger partial charge is 0.496 e. The molecule has 1 saturated heterocycles. The van der Waals surface area contributed by atoms with Crippen LogP contribution in [0.25, 0.3) is 5.69 Å². The molecule has 0 N–H and O–H groups in total. The van der Waals surface area contributed by atoms with Crippen LogP contribution < -0.4 is 9.64 Å². The van der Waals surface area contributed by atoms with Crippen molar-refractivity contribution in [1.29, 1.82) is 0 Å². The standard InChI is InChI=1S/C31H38N4O4S/c1-20-10-9-12-23(21(20)2)35-30-27(29(32-35)31(3,4)5)28(22-11-7-8-13-24(22)38-6)40-19-26(37)34(30)18-25(36)33-14-16-39-17-15-33/h7-13,28H,14-19H2,1-6H3. The van der Waals surface area contributed by atoms with Crippen LogP contribution in [0.1, 0.15) is 54.0 Å². The van der Waals surface area contributed by atoms with Gasteiger partial charge in [0.1, 0.15) is 18.1 Å². The number of carbonyl (C=O) groups is 2. The van der Waals surface area contributed by atoms with Gasteiger partial charge in [0.05, 0.1) is 42.7 Å². The van der Waals surface area contributed by atoms with Gasteiger partial charge < -0.3 is 14.4 Å². The van der Waals surface area contributed by atoms with Crippen molar-refractivity contribution in [2.45, 2.75) is 45.3 Å².